The van der Waals surface area contributed by atoms with Crippen molar-refractivity contribution < 1.29 is 8.42 Å². The SMILES string of the molecule is Cc1cc(Br)c(NS(=O)(=O)Cc2ccccc2)cc1Cl. The normalized spacial score (nSPS) is 11.3. The first-order valence-electron chi connectivity index (χ1n) is 5.87. The van der Waals surface area contributed by atoms with Crippen LogP contribution in [-0.2, 0) is 15.8 Å². The third kappa shape index (κ3) is 3.98. The fourth-order valence-corrected chi connectivity index (χ4v) is 3.78. The Morgan fingerprint density at radius 1 is 1.20 bits per heavy atom. The van der Waals surface area contributed by atoms with Crippen molar-refractivity contribution in [1.29, 1.82) is 0 Å². The van der Waals surface area contributed by atoms with Crippen molar-refractivity contribution in [3.05, 3.63) is 63.1 Å². The molecule has 1 N–H and O–H groups in total. The second kappa shape index (κ2) is 6.16. The molecule has 0 aliphatic heterocycles. The quantitative estimate of drug-likeness (QED) is 0.864. The second-order valence-electron chi connectivity index (χ2n) is 4.43. The molecular formula is C14H13BrClNO2S. The van der Waals surface area contributed by atoms with E-state index in [0.29, 0.717) is 15.2 Å². The Kier molecular flexibility index (Phi) is 4.73. The molecule has 0 aliphatic rings. The van der Waals surface area contributed by atoms with Gasteiger partial charge in [0, 0.05) is 9.50 Å². The highest BCUT2D eigenvalue weighted by Crippen LogP contribution is 2.30. The van der Waals surface area contributed by atoms with Crippen LogP contribution >= 0.6 is 27.5 Å². The molecule has 0 amide bonds. The summed E-state index contributed by atoms with van der Waals surface area (Å²) < 4.78 is 27.5. The van der Waals surface area contributed by atoms with Crippen LogP contribution in [0.2, 0.25) is 5.02 Å². The van der Waals surface area contributed by atoms with Gasteiger partial charge in [0.25, 0.3) is 0 Å². The number of nitrogens with one attached hydrogen (secondary N) is 1. The van der Waals surface area contributed by atoms with Crippen molar-refractivity contribution in [2.75, 3.05) is 4.72 Å². The molecule has 2 rings (SSSR count). The van der Waals surface area contributed by atoms with Gasteiger partial charge in [0.15, 0.2) is 0 Å². The molecule has 0 bridgehead atoms. The van der Waals surface area contributed by atoms with Crippen LogP contribution < -0.4 is 4.72 Å². The van der Waals surface area contributed by atoms with Crippen LogP contribution in [0.1, 0.15) is 11.1 Å². The van der Waals surface area contributed by atoms with Crippen LogP contribution in [0, 0.1) is 6.92 Å². The third-order valence-electron chi connectivity index (χ3n) is 2.71. The predicted octanol–water partition coefficient (Wildman–Crippen LogP) is 4.35. The molecule has 0 heterocycles. The standard InChI is InChI=1S/C14H13BrClNO2S/c1-10-7-12(15)14(8-13(10)16)17-20(18,19)9-11-5-3-2-4-6-11/h2-8,17H,9H2,1H3. The Labute approximate surface area is 132 Å². The molecule has 6 heteroatoms. The summed E-state index contributed by atoms with van der Waals surface area (Å²) in [5.41, 5.74) is 2.05. The molecule has 0 saturated carbocycles. The molecule has 106 valence electrons. The minimum atomic E-state index is -3.48. The van der Waals surface area contributed by atoms with Crippen molar-refractivity contribution in [2.24, 2.45) is 0 Å². The minimum Gasteiger partial charge on any atom is -0.282 e. The highest BCUT2D eigenvalue weighted by Gasteiger charge is 2.14. The van der Waals surface area contributed by atoms with Crippen molar-refractivity contribution in [3.63, 3.8) is 0 Å². The fourth-order valence-electron chi connectivity index (χ4n) is 1.72. The van der Waals surface area contributed by atoms with Gasteiger partial charge in [-0.05, 0) is 46.1 Å². The van der Waals surface area contributed by atoms with Crippen LogP contribution in [0.5, 0.6) is 0 Å². The molecule has 0 spiro atoms. The molecule has 0 aromatic heterocycles. The Balaban J connectivity index is 2.23. The maximum absolute atomic E-state index is 12.1. The molecular weight excluding hydrogens is 362 g/mol. The Bertz CT molecular complexity index is 717. The summed E-state index contributed by atoms with van der Waals surface area (Å²) in [6, 6.07) is 12.4. The van der Waals surface area contributed by atoms with E-state index in [9.17, 15) is 8.42 Å². The molecule has 0 aliphatic carbocycles. The predicted molar refractivity (Wildman–Crippen MR) is 86.6 cm³/mol. The molecule has 0 saturated heterocycles. The first-order valence-corrected chi connectivity index (χ1v) is 8.70. The lowest BCUT2D eigenvalue weighted by Gasteiger charge is -2.11. The van der Waals surface area contributed by atoms with Crippen LogP contribution in [0.15, 0.2) is 46.9 Å². The van der Waals surface area contributed by atoms with E-state index in [0.717, 1.165) is 11.1 Å². The Morgan fingerprint density at radius 2 is 1.85 bits per heavy atom. The molecule has 20 heavy (non-hydrogen) atoms. The number of anilines is 1. The van der Waals surface area contributed by atoms with E-state index in [1.165, 1.54) is 0 Å². The number of rotatable bonds is 4. The zero-order chi connectivity index (χ0) is 14.8. The van der Waals surface area contributed by atoms with Gasteiger partial charge in [-0.3, -0.25) is 4.72 Å². The number of sulfonamides is 1. The summed E-state index contributed by atoms with van der Waals surface area (Å²) in [6.45, 7) is 1.86. The maximum atomic E-state index is 12.1. The van der Waals surface area contributed by atoms with E-state index in [1.807, 2.05) is 25.1 Å². The molecule has 0 unspecified atom stereocenters. The van der Waals surface area contributed by atoms with Gasteiger partial charge in [0.2, 0.25) is 10.0 Å². The monoisotopic (exact) mass is 373 g/mol. The van der Waals surface area contributed by atoms with E-state index in [-0.39, 0.29) is 5.75 Å². The average Bonchev–Trinajstić information content (AvgIpc) is 2.36. The third-order valence-corrected chi connectivity index (χ3v) is 5.02. The van der Waals surface area contributed by atoms with Crippen LogP contribution in [0.4, 0.5) is 5.69 Å². The second-order valence-corrected chi connectivity index (χ2v) is 7.41. The minimum absolute atomic E-state index is 0.0776. The van der Waals surface area contributed by atoms with Gasteiger partial charge in [-0.25, -0.2) is 8.42 Å². The molecule has 0 fully saturated rings. The molecule has 0 radical (unpaired) electrons. The zero-order valence-electron chi connectivity index (χ0n) is 10.7. The van der Waals surface area contributed by atoms with E-state index < -0.39 is 10.0 Å². The van der Waals surface area contributed by atoms with Crippen molar-refractivity contribution >= 4 is 43.2 Å². The van der Waals surface area contributed by atoms with Crippen LogP contribution in [0.25, 0.3) is 0 Å². The van der Waals surface area contributed by atoms with Gasteiger partial charge in [-0.1, -0.05) is 41.9 Å². The van der Waals surface area contributed by atoms with Gasteiger partial charge in [0.05, 0.1) is 11.4 Å². The van der Waals surface area contributed by atoms with Gasteiger partial charge in [-0.2, -0.15) is 0 Å². The van der Waals surface area contributed by atoms with Gasteiger partial charge in [0.1, 0.15) is 0 Å². The van der Waals surface area contributed by atoms with Crippen molar-refractivity contribution in [3.8, 4) is 0 Å². The number of benzene rings is 2. The number of hydrogen-bond donors (Lipinski definition) is 1. The summed E-state index contributed by atoms with van der Waals surface area (Å²) in [5, 5.41) is 0.519. The molecule has 3 nitrogen and oxygen atoms in total. The smallest absolute Gasteiger partial charge is 0.236 e. The van der Waals surface area contributed by atoms with Crippen molar-refractivity contribution in [2.45, 2.75) is 12.7 Å². The molecule has 2 aromatic carbocycles. The number of hydrogen-bond acceptors (Lipinski definition) is 2. The largest absolute Gasteiger partial charge is 0.282 e. The van der Waals surface area contributed by atoms with E-state index >= 15 is 0 Å². The first kappa shape index (κ1) is 15.4. The summed E-state index contributed by atoms with van der Waals surface area (Å²) in [6.07, 6.45) is 0. The fraction of sp³-hybridized carbons (Fsp3) is 0.143. The van der Waals surface area contributed by atoms with Gasteiger partial charge < -0.3 is 0 Å². The zero-order valence-corrected chi connectivity index (χ0v) is 13.9. The molecule has 2 aromatic rings. The van der Waals surface area contributed by atoms with E-state index in [2.05, 4.69) is 20.7 Å². The number of aryl methyl sites for hydroxylation is 1. The highest BCUT2D eigenvalue weighted by molar-refractivity contribution is 9.10. The summed E-state index contributed by atoms with van der Waals surface area (Å²) in [7, 11) is -3.48. The lowest BCUT2D eigenvalue weighted by molar-refractivity contribution is 0.600. The first-order chi connectivity index (χ1) is 9.37. The number of halogens is 2. The van der Waals surface area contributed by atoms with Gasteiger partial charge >= 0.3 is 0 Å². The maximum Gasteiger partial charge on any atom is 0.236 e. The average molecular weight is 375 g/mol. The van der Waals surface area contributed by atoms with E-state index in [1.54, 1.807) is 24.3 Å². The van der Waals surface area contributed by atoms with Crippen molar-refractivity contribution in [1.82, 2.24) is 0 Å². The summed E-state index contributed by atoms with van der Waals surface area (Å²) in [5.74, 6) is -0.0776. The summed E-state index contributed by atoms with van der Waals surface area (Å²) >= 11 is 9.35. The Morgan fingerprint density at radius 3 is 2.50 bits per heavy atom. The lowest BCUT2D eigenvalue weighted by atomic mass is 10.2. The van der Waals surface area contributed by atoms with Crippen LogP contribution in [-0.4, -0.2) is 8.42 Å². The Hall–Kier alpha value is -1.04. The highest BCUT2D eigenvalue weighted by atomic mass is 79.9. The molecule has 0 atom stereocenters. The van der Waals surface area contributed by atoms with Gasteiger partial charge in [-0.15, -0.1) is 0 Å². The van der Waals surface area contributed by atoms with Crippen LogP contribution in [0.3, 0.4) is 0 Å². The van der Waals surface area contributed by atoms with E-state index in [4.69, 9.17) is 11.6 Å². The topological polar surface area (TPSA) is 46.2 Å². The summed E-state index contributed by atoms with van der Waals surface area (Å²) in [4.78, 5) is 0. The lowest BCUT2D eigenvalue weighted by Crippen LogP contribution is -2.15.